The molecule has 0 amide bonds. The van der Waals surface area contributed by atoms with E-state index in [1.54, 1.807) is 4.90 Å². The monoisotopic (exact) mass is 383 g/mol. The highest BCUT2D eigenvalue weighted by molar-refractivity contribution is 7.92. The number of hydrogen-bond acceptors (Lipinski definition) is 4. The molecular formula is C15H17ClF3NO3S. The van der Waals surface area contributed by atoms with Crippen LogP contribution in [0.15, 0.2) is 29.2 Å². The molecule has 0 aromatic heterocycles. The summed E-state index contributed by atoms with van der Waals surface area (Å²) in [7, 11) is -3.86. The maximum atomic E-state index is 12.8. The number of aldehydes is 1. The molecule has 134 valence electrons. The minimum absolute atomic E-state index is 0.120. The van der Waals surface area contributed by atoms with Crippen LogP contribution >= 0.6 is 11.6 Å². The van der Waals surface area contributed by atoms with Crippen LogP contribution in [0.5, 0.6) is 0 Å². The Bertz CT molecular complexity index is 685. The van der Waals surface area contributed by atoms with E-state index in [0.29, 0.717) is 25.4 Å². The Labute approximate surface area is 143 Å². The number of alkyl halides is 4. The number of hydrogen-bond donors (Lipinski definition) is 0. The quantitative estimate of drug-likeness (QED) is 0.579. The van der Waals surface area contributed by atoms with Crippen LogP contribution in [-0.4, -0.2) is 49.9 Å². The van der Waals surface area contributed by atoms with Gasteiger partial charge in [-0.25, -0.2) is 8.42 Å². The fourth-order valence-electron chi connectivity index (χ4n) is 2.78. The summed E-state index contributed by atoms with van der Waals surface area (Å²) in [6, 6.07) is 3.33. The van der Waals surface area contributed by atoms with E-state index >= 15 is 0 Å². The van der Waals surface area contributed by atoms with Gasteiger partial charge in [-0.3, -0.25) is 4.90 Å². The van der Waals surface area contributed by atoms with Crippen LogP contribution in [0, 0.1) is 0 Å². The Hall–Kier alpha value is -1.12. The lowest BCUT2D eigenvalue weighted by Gasteiger charge is -2.34. The van der Waals surface area contributed by atoms with Crippen LogP contribution in [0.4, 0.5) is 13.2 Å². The highest BCUT2D eigenvalue weighted by Crippen LogP contribution is 2.32. The van der Waals surface area contributed by atoms with Crippen LogP contribution < -0.4 is 0 Å². The van der Waals surface area contributed by atoms with Gasteiger partial charge in [-0.1, -0.05) is 6.07 Å². The fraction of sp³-hybridized carbons (Fsp3) is 0.533. The van der Waals surface area contributed by atoms with Crippen LogP contribution in [0.25, 0.3) is 0 Å². The molecule has 9 heteroatoms. The van der Waals surface area contributed by atoms with Gasteiger partial charge >= 0.3 is 6.18 Å². The number of benzene rings is 1. The minimum Gasteiger partial charge on any atom is -0.302 e. The van der Waals surface area contributed by atoms with Gasteiger partial charge in [-0.15, -0.1) is 11.6 Å². The molecule has 1 aliphatic rings. The SMILES string of the molecule is O=CC(CCl)N1CCC(S(=O)(=O)c2cccc(C(F)(F)F)c2)CC1. The lowest BCUT2D eigenvalue weighted by molar-refractivity contribution is -0.137. The van der Waals surface area contributed by atoms with Crippen LogP contribution in [0.3, 0.4) is 0 Å². The summed E-state index contributed by atoms with van der Waals surface area (Å²) in [5, 5.41) is -0.764. The molecule has 0 bridgehead atoms. The second kappa shape index (κ2) is 7.41. The number of piperidine rings is 1. The molecule has 1 atom stereocenters. The molecule has 2 rings (SSSR count). The molecule has 1 saturated heterocycles. The first kappa shape index (κ1) is 19.2. The first-order valence-corrected chi connectivity index (χ1v) is 9.44. The van der Waals surface area contributed by atoms with Crippen molar-refractivity contribution in [1.29, 1.82) is 0 Å². The molecular weight excluding hydrogens is 367 g/mol. The van der Waals surface area contributed by atoms with E-state index in [-0.39, 0.29) is 23.6 Å². The van der Waals surface area contributed by atoms with E-state index in [4.69, 9.17) is 11.6 Å². The van der Waals surface area contributed by atoms with Gasteiger partial charge in [-0.05, 0) is 31.0 Å². The Morgan fingerprint density at radius 2 is 1.92 bits per heavy atom. The average Bonchev–Trinajstić information content (AvgIpc) is 2.56. The zero-order valence-corrected chi connectivity index (χ0v) is 14.2. The van der Waals surface area contributed by atoms with Crippen molar-refractivity contribution in [3.8, 4) is 0 Å². The summed E-state index contributed by atoms with van der Waals surface area (Å²) in [6.45, 7) is 0.720. The number of carbonyl (C=O) groups excluding carboxylic acids is 1. The van der Waals surface area contributed by atoms with Crippen molar-refractivity contribution in [3.05, 3.63) is 29.8 Å². The smallest absolute Gasteiger partial charge is 0.302 e. The second-order valence-electron chi connectivity index (χ2n) is 5.66. The number of sulfone groups is 1. The van der Waals surface area contributed by atoms with Gasteiger partial charge in [-0.2, -0.15) is 13.2 Å². The zero-order valence-electron chi connectivity index (χ0n) is 12.7. The first-order valence-electron chi connectivity index (χ1n) is 7.36. The van der Waals surface area contributed by atoms with Crippen molar-refractivity contribution in [3.63, 3.8) is 0 Å². The number of likely N-dealkylation sites (tertiary alicyclic amines) is 1. The number of nitrogens with zero attached hydrogens (tertiary/aromatic N) is 1. The van der Waals surface area contributed by atoms with Crippen LogP contribution in [0.1, 0.15) is 18.4 Å². The molecule has 1 aliphatic heterocycles. The van der Waals surface area contributed by atoms with Crippen LogP contribution in [0.2, 0.25) is 0 Å². The number of halogens is 4. The van der Waals surface area contributed by atoms with E-state index in [0.717, 1.165) is 12.1 Å². The van der Waals surface area contributed by atoms with Gasteiger partial charge in [0.2, 0.25) is 0 Å². The number of rotatable bonds is 5. The predicted octanol–water partition coefficient (Wildman–Crippen LogP) is 2.75. The molecule has 1 aromatic carbocycles. The van der Waals surface area contributed by atoms with Crippen molar-refractivity contribution in [2.24, 2.45) is 0 Å². The van der Waals surface area contributed by atoms with Gasteiger partial charge in [0, 0.05) is 19.0 Å². The molecule has 4 nitrogen and oxygen atoms in total. The largest absolute Gasteiger partial charge is 0.416 e. The van der Waals surface area contributed by atoms with Gasteiger partial charge < -0.3 is 4.79 Å². The summed E-state index contributed by atoms with van der Waals surface area (Å²) >= 11 is 5.69. The van der Waals surface area contributed by atoms with Crippen LogP contribution in [-0.2, 0) is 20.8 Å². The Morgan fingerprint density at radius 1 is 1.29 bits per heavy atom. The first-order chi connectivity index (χ1) is 11.2. The second-order valence-corrected chi connectivity index (χ2v) is 8.20. The van der Waals surface area contributed by atoms with E-state index in [1.807, 2.05) is 0 Å². The average molecular weight is 384 g/mol. The summed E-state index contributed by atoms with van der Waals surface area (Å²) in [5.41, 5.74) is -0.982. The van der Waals surface area contributed by atoms with E-state index < -0.39 is 32.9 Å². The maximum absolute atomic E-state index is 12.8. The van der Waals surface area contributed by atoms with Crippen molar-refractivity contribution in [2.75, 3.05) is 19.0 Å². The van der Waals surface area contributed by atoms with E-state index in [2.05, 4.69) is 0 Å². The highest BCUT2D eigenvalue weighted by atomic mass is 35.5. The predicted molar refractivity (Wildman–Crippen MR) is 83.8 cm³/mol. The third-order valence-electron chi connectivity index (χ3n) is 4.19. The summed E-state index contributed by atoms with van der Waals surface area (Å²) in [6.07, 6.45) is -3.37. The summed E-state index contributed by atoms with van der Waals surface area (Å²) in [4.78, 5) is 12.4. The molecule has 1 fully saturated rings. The van der Waals surface area contributed by atoms with Crippen molar-refractivity contribution >= 4 is 27.7 Å². The molecule has 1 heterocycles. The summed E-state index contributed by atoms with van der Waals surface area (Å²) < 4.78 is 63.5. The Kier molecular flexibility index (Phi) is 5.93. The Balaban J connectivity index is 2.17. The van der Waals surface area contributed by atoms with Gasteiger partial charge in [0.05, 0.1) is 21.8 Å². The highest BCUT2D eigenvalue weighted by Gasteiger charge is 2.35. The standard InChI is InChI=1S/C15H17ClF3NO3S/c16-9-12(10-21)20-6-4-13(5-7-20)24(22,23)14-3-1-2-11(8-14)15(17,18)19/h1-3,8,10,12-13H,4-7,9H2. The normalized spacial score (nSPS) is 19.2. The van der Waals surface area contributed by atoms with Gasteiger partial charge in [0.15, 0.2) is 9.84 Å². The van der Waals surface area contributed by atoms with E-state index in [9.17, 15) is 26.4 Å². The lowest BCUT2D eigenvalue weighted by atomic mass is 10.1. The Morgan fingerprint density at radius 3 is 2.42 bits per heavy atom. The maximum Gasteiger partial charge on any atom is 0.416 e. The zero-order chi connectivity index (χ0) is 18.0. The third kappa shape index (κ3) is 4.10. The molecule has 24 heavy (non-hydrogen) atoms. The molecule has 0 saturated carbocycles. The van der Waals surface area contributed by atoms with Crippen molar-refractivity contribution in [2.45, 2.75) is 35.2 Å². The molecule has 0 N–H and O–H groups in total. The molecule has 0 spiro atoms. The molecule has 0 radical (unpaired) electrons. The summed E-state index contributed by atoms with van der Waals surface area (Å²) in [5.74, 6) is 0.120. The lowest BCUT2D eigenvalue weighted by Crippen LogP contribution is -2.46. The van der Waals surface area contributed by atoms with Crippen molar-refractivity contribution < 1.29 is 26.4 Å². The fourth-order valence-corrected chi connectivity index (χ4v) is 4.82. The van der Waals surface area contributed by atoms with Gasteiger partial charge in [0.25, 0.3) is 0 Å². The number of carbonyl (C=O) groups is 1. The van der Waals surface area contributed by atoms with E-state index in [1.165, 1.54) is 6.07 Å². The third-order valence-corrected chi connectivity index (χ3v) is 6.77. The topological polar surface area (TPSA) is 54.5 Å². The van der Waals surface area contributed by atoms with Crippen molar-refractivity contribution in [1.82, 2.24) is 4.90 Å². The molecule has 1 unspecified atom stereocenters. The molecule has 1 aromatic rings. The molecule has 0 aliphatic carbocycles. The van der Waals surface area contributed by atoms with Gasteiger partial charge in [0.1, 0.15) is 6.29 Å². The minimum atomic E-state index is -4.59.